The van der Waals surface area contributed by atoms with Crippen LogP contribution >= 0.6 is 15.9 Å². The largest absolute Gasteiger partial charge is 0.355 e. The van der Waals surface area contributed by atoms with Crippen molar-refractivity contribution in [2.24, 2.45) is 0 Å². The third-order valence-corrected chi connectivity index (χ3v) is 4.59. The number of sulfonamides is 1. The zero-order chi connectivity index (χ0) is 15.0. The molecule has 20 heavy (non-hydrogen) atoms. The lowest BCUT2D eigenvalue weighted by Crippen LogP contribution is -2.37. The Morgan fingerprint density at radius 3 is 2.45 bits per heavy atom. The lowest BCUT2D eigenvalue weighted by Gasteiger charge is -2.07. The molecule has 0 aliphatic heterocycles. The van der Waals surface area contributed by atoms with Gasteiger partial charge in [0.15, 0.2) is 0 Å². The zero-order valence-electron chi connectivity index (χ0n) is 11.4. The Bertz CT molecular complexity index is 529. The number of amides is 1. The highest BCUT2D eigenvalue weighted by atomic mass is 79.9. The van der Waals surface area contributed by atoms with Gasteiger partial charge < -0.3 is 5.32 Å². The molecular weight excluding hydrogens is 344 g/mol. The fourth-order valence-electron chi connectivity index (χ4n) is 1.52. The highest BCUT2D eigenvalue weighted by molar-refractivity contribution is 9.10. The SMILES string of the molecule is CCCCCNC(=O)CNS(=O)(=O)c1ccc(Br)cc1. The lowest BCUT2D eigenvalue weighted by molar-refractivity contribution is -0.119. The molecule has 0 spiro atoms. The van der Waals surface area contributed by atoms with Gasteiger partial charge in [0.2, 0.25) is 15.9 Å². The first-order chi connectivity index (χ1) is 9.45. The average molecular weight is 363 g/mol. The van der Waals surface area contributed by atoms with Crippen molar-refractivity contribution in [2.75, 3.05) is 13.1 Å². The summed E-state index contributed by atoms with van der Waals surface area (Å²) in [6.45, 7) is 2.41. The minimum Gasteiger partial charge on any atom is -0.355 e. The van der Waals surface area contributed by atoms with E-state index in [1.165, 1.54) is 12.1 Å². The maximum Gasteiger partial charge on any atom is 0.241 e. The Morgan fingerprint density at radius 2 is 1.85 bits per heavy atom. The molecule has 0 aromatic heterocycles. The van der Waals surface area contributed by atoms with Crippen LogP contribution in [0.4, 0.5) is 0 Å². The van der Waals surface area contributed by atoms with Gasteiger partial charge in [0.1, 0.15) is 0 Å². The van der Waals surface area contributed by atoms with Crippen LogP contribution in [0.15, 0.2) is 33.6 Å². The van der Waals surface area contributed by atoms with Gasteiger partial charge in [0.05, 0.1) is 11.4 Å². The third kappa shape index (κ3) is 6.02. The summed E-state index contributed by atoms with van der Waals surface area (Å²) in [6, 6.07) is 6.23. The Balaban J connectivity index is 2.43. The normalized spacial score (nSPS) is 11.3. The van der Waals surface area contributed by atoms with Crippen molar-refractivity contribution in [1.82, 2.24) is 10.0 Å². The summed E-state index contributed by atoms with van der Waals surface area (Å²) in [4.78, 5) is 11.6. The van der Waals surface area contributed by atoms with Crippen LogP contribution < -0.4 is 10.0 Å². The number of carbonyl (C=O) groups excluding carboxylic acids is 1. The Morgan fingerprint density at radius 1 is 1.20 bits per heavy atom. The van der Waals surface area contributed by atoms with Gasteiger partial charge in [-0.1, -0.05) is 35.7 Å². The van der Waals surface area contributed by atoms with E-state index < -0.39 is 10.0 Å². The van der Waals surface area contributed by atoms with Crippen molar-refractivity contribution in [1.29, 1.82) is 0 Å². The first kappa shape index (κ1) is 17.1. The lowest BCUT2D eigenvalue weighted by atomic mass is 10.2. The molecule has 1 amide bonds. The fourth-order valence-corrected chi connectivity index (χ4v) is 2.77. The quantitative estimate of drug-likeness (QED) is 0.694. The number of hydrogen-bond acceptors (Lipinski definition) is 3. The first-order valence-corrected chi connectivity index (χ1v) is 8.75. The van der Waals surface area contributed by atoms with Crippen LogP contribution in [-0.4, -0.2) is 27.4 Å². The number of benzene rings is 1. The molecule has 0 atom stereocenters. The number of rotatable bonds is 8. The van der Waals surface area contributed by atoms with E-state index in [2.05, 4.69) is 32.9 Å². The summed E-state index contributed by atoms with van der Waals surface area (Å²) in [5.74, 6) is -0.318. The molecule has 0 saturated carbocycles. The number of carbonyl (C=O) groups is 1. The van der Waals surface area contributed by atoms with Gasteiger partial charge in [-0.2, -0.15) is 0 Å². The van der Waals surface area contributed by atoms with Crippen molar-refractivity contribution >= 4 is 31.9 Å². The van der Waals surface area contributed by atoms with Gasteiger partial charge >= 0.3 is 0 Å². The van der Waals surface area contributed by atoms with Gasteiger partial charge in [0.25, 0.3) is 0 Å². The predicted octanol–water partition coefficient (Wildman–Crippen LogP) is 2.03. The second kappa shape index (κ2) is 8.39. The molecule has 7 heteroatoms. The maximum absolute atomic E-state index is 11.9. The van der Waals surface area contributed by atoms with E-state index in [1.54, 1.807) is 12.1 Å². The van der Waals surface area contributed by atoms with Crippen LogP contribution in [0.25, 0.3) is 0 Å². The van der Waals surface area contributed by atoms with Crippen molar-refractivity contribution in [2.45, 2.75) is 31.1 Å². The van der Waals surface area contributed by atoms with Gasteiger partial charge in [0, 0.05) is 11.0 Å². The van der Waals surface area contributed by atoms with Gasteiger partial charge in [-0.25, -0.2) is 13.1 Å². The number of unbranched alkanes of at least 4 members (excludes halogenated alkanes) is 2. The second-order valence-corrected chi connectivity index (χ2v) is 7.02. The van der Waals surface area contributed by atoms with E-state index in [4.69, 9.17) is 0 Å². The molecule has 1 rings (SSSR count). The molecule has 0 saturated heterocycles. The summed E-state index contributed by atoms with van der Waals surface area (Å²) >= 11 is 3.24. The molecule has 2 N–H and O–H groups in total. The van der Waals surface area contributed by atoms with E-state index in [0.717, 1.165) is 23.7 Å². The van der Waals surface area contributed by atoms with Crippen LogP contribution in [0.5, 0.6) is 0 Å². The van der Waals surface area contributed by atoms with E-state index in [0.29, 0.717) is 6.54 Å². The van der Waals surface area contributed by atoms with Gasteiger partial charge in [-0.3, -0.25) is 4.79 Å². The van der Waals surface area contributed by atoms with Crippen LogP contribution in [0.2, 0.25) is 0 Å². The molecule has 1 aromatic rings. The Labute approximate surface area is 128 Å². The van der Waals surface area contributed by atoms with Crippen LogP contribution in [0.1, 0.15) is 26.2 Å². The molecule has 0 aliphatic rings. The van der Waals surface area contributed by atoms with Crippen LogP contribution in [-0.2, 0) is 14.8 Å². The topological polar surface area (TPSA) is 75.3 Å². The number of halogens is 1. The molecule has 112 valence electrons. The molecule has 0 radical (unpaired) electrons. The number of nitrogens with one attached hydrogen (secondary N) is 2. The van der Waals surface area contributed by atoms with Gasteiger partial charge in [-0.05, 0) is 30.7 Å². The smallest absolute Gasteiger partial charge is 0.241 e. The average Bonchev–Trinajstić information content (AvgIpc) is 2.42. The summed E-state index contributed by atoms with van der Waals surface area (Å²) in [5.41, 5.74) is 0. The molecular formula is C13H19BrN2O3S. The standard InChI is InChI=1S/C13H19BrN2O3S/c1-2-3-4-9-15-13(17)10-16-20(18,19)12-7-5-11(14)6-8-12/h5-8,16H,2-4,9-10H2,1H3,(H,15,17). The highest BCUT2D eigenvalue weighted by Gasteiger charge is 2.14. The Hall–Kier alpha value is -0.920. The van der Waals surface area contributed by atoms with Crippen LogP contribution in [0, 0.1) is 0 Å². The second-order valence-electron chi connectivity index (χ2n) is 4.34. The minimum atomic E-state index is -3.64. The van der Waals surface area contributed by atoms with Crippen molar-refractivity contribution in [3.05, 3.63) is 28.7 Å². The zero-order valence-corrected chi connectivity index (χ0v) is 13.8. The third-order valence-electron chi connectivity index (χ3n) is 2.65. The molecule has 0 heterocycles. The number of hydrogen-bond donors (Lipinski definition) is 2. The van der Waals surface area contributed by atoms with Crippen molar-refractivity contribution < 1.29 is 13.2 Å². The first-order valence-electron chi connectivity index (χ1n) is 6.47. The summed E-state index contributed by atoms with van der Waals surface area (Å²) in [6.07, 6.45) is 3.03. The summed E-state index contributed by atoms with van der Waals surface area (Å²) in [7, 11) is -3.64. The van der Waals surface area contributed by atoms with Crippen LogP contribution in [0.3, 0.4) is 0 Å². The predicted molar refractivity (Wildman–Crippen MR) is 81.9 cm³/mol. The molecule has 1 aromatic carbocycles. The summed E-state index contributed by atoms with van der Waals surface area (Å²) < 4.78 is 26.9. The highest BCUT2D eigenvalue weighted by Crippen LogP contribution is 2.14. The maximum atomic E-state index is 11.9. The molecule has 0 aliphatic carbocycles. The Kier molecular flexibility index (Phi) is 7.18. The monoisotopic (exact) mass is 362 g/mol. The fraction of sp³-hybridized carbons (Fsp3) is 0.462. The molecule has 0 bridgehead atoms. The minimum absolute atomic E-state index is 0.138. The van der Waals surface area contributed by atoms with Crippen molar-refractivity contribution in [3.8, 4) is 0 Å². The molecule has 0 fully saturated rings. The molecule has 0 unspecified atom stereocenters. The summed E-state index contributed by atoms with van der Waals surface area (Å²) in [5, 5.41) is 2.68. The van der Waals surface area contributed by atoms with E-state index in [1.807, 2.05) is 0 Å². The molecule has 5 nitrogen and oxygen atoms in total. The van der Waals surface area contributed by atoms with Crippen molar-refractivity contribution in [3.63, 3.8) is 0 Å². The van der Waals surface area contributed by atoms with E-state index >= 15 is 0 Å². The van der Waals surface area contributed by atoms with E-state index in [9.17, 15) is 13.2 Å². The van der Waals surface area contributed by atoms with E-state index in [-0.39, 0.29) is 17.3 Å². The van der Waals surface area contributed by atoms with Gasteiger partial charge in [-0.15, -0.1) is 0 Å².